The summed E-state index contributed by atoms with van der Waals surface area (Å²) in [7, 11) is 0. The quantitative estimate of drug-likeness (QED) is 0.330. The van der Waals surface area contributed by atoms with E-state index in [4.69, 9.17) is 16.3 Å². The Morgan fingerprint density at radius 2 is 1.59 bits per heavy atom. The maximum absolute atomic E-state index is 13.5. The zero-order valence-corrected chi connectivity index (χ0v) is 20.3. The third kappa shape index (κ3) is 5.76. The minimum atomic E-state index is -0.518. The lowest BCUT2D eigenvalue weighted by Gasteiger charge is -2.26. The standard InChI is InChI=1S/C26H22ClFN6O3/c27-21-14-19(5-7-22(21)28)31-24-20-13-18(6-8-23(20)29-15-30-24)33-26(36)32-17-3-1-16(2-4-17)25(35)34-9-11-37-12-10-34/h1-8,13-15H,9-12H2,(H,29,30,31)(H2,32,33,36). The molecule has 1 saturated heterocycles. The van der Waals surface area contributed by atoms with Crippen LogP contribution in [0.5, 0.6) is 0 Å². The molecule has 1 aromatic heterocycles. The molecule has 0 aliphatic carbocycles. The molecule has 3 aromatic carbocycles. The SMILES string of the molecule is O=C(Nc1ccc(C(=O)N2CCOCC2)cc1)Nc1ccc2ncnc(Nc3ccc(F)c(Cl)c3)c2c1. The van der Waals surface area contributed by atoms with Gasteiger partial charge >= 0.3 is 6.03 Å². The van der Waals surface area contributed by atoms with Gasteiger partial charge in [0.25, 0.3) is 5.91 Å². The van der Waals surface area contributed by atoms with E-state index >= 15 is 0 Å². The van der Waals surface area contributed by atoms with Crippen molar-refractivity contribution in [3.05, 3.63) is 83.4 Å². The lowest BCUT2D eigenvalue weighted by molar-refractivity contribution is 0.0303. The Morgan fingerprint density at radius 3 is 2.35 bits per heavy atom. The summed E-state index contributed by atoms with van der Waals surface area (Å²) in [4.78, 5) is 35.5. The molecule has 37 heavy (non-hydrogen) atoms. The second kappa shape index (κ2) is 10.8. The highest BCUT2D eigenvalue weighted by atomic mass is 35.5. The van der Waals surface area contributed by atoms with E-state index in [0.717, 1.165) is 0 Å². The number of rotatable bonds is 5. The lowest BCUT2D eigenvalue weighted by atomic mass is 10.1. The Balaban J connectivity index is 1.26. The van der Waals surface area contributed by atoms with E-state index < -0.39 is 11.8 Å². The molecule has 3 N–H and O–H groups in total. The molecular formula is C26H22ClFN6O3. The van der Waals surface area contributed by atoms with Crippen molar-refractivity contribution in [2.24, 2.45) is 0 Å². The number of fused-ring (bicyclic) bond motifs is 1. The molecule has 0 saturated carbocycles. The minimum absolute atomic E-state index is 0.0131. The molecule has 11 heteroatoms. The summed E-state index contributed by atoms with van der Waals surface area (Å²) in [5.41, 5.74) is 2.80. The maximum atomic E-state index is 13.5. The monoisotopic (exact) mass is 520 g/mol. The number of nitrogens with one attached hydrogen (secondary N) is 3. The predicted molar refractivity (Wildman–Crippen MR) is 140 cm³/mol. The number of benzene rings is 3. The normalized spacial score (nSPS) is 13.3. The zero-order chi connectivity index (χ0) is 25.8. The van der Waals surface area contributed by atoms with Crippen molar-refractivity contribution in [3.8, 4) is 0 Å². The van der Waals surface area contributed by atoms with Crippen LogP contribution in [0.3, 0.4) is 0 Å². The number of nitrogens with zero attached hydrogens (tertiary/aromatic N) is 3. The highest BCUT2D eigenvalue weighted by Crippen LogP contribution is 2.28. The summed E-state index contributed by atoms with van der Waals surface area (Å²) < 4.78 is 18.8. The predicted octanol–water partition coefficient (Wildman–Crippen LogP) is 5.28. The lowest BCUT2D eigenvalue weighted by Crippen LogP contribution is -2.40. The second-order valence-electron chi connectivity index (χ2n) is 8.27. The average molecular weight is 521 g/mol. The van der Waals surface area contributed by atoms with Crippen LogP contribution in [0.25, 0.3) is 10.9 Å². The van der Waals surface area contributed by atoms with Gasteiger partial charge < -0.3 is 25.6 Å². The molecule has 0 spiro atoms. The van der Waals surface area contributed by atoms with Crippen molar-refractivity contribution in [2.45, 2.75) is 0 Å². The van der Waals surface area contributed by atoms with E-state index in [0.29, 0.717) is 65.6 Å². The van der Waals surface area contributed by atoms with E-state index in [1.54, 1.807) is 53.4 Å². The number of aromatic nitrogens is 2. The fraction of sp³-hybridized carbons (Fsp3) is 0.154. The number of anilines is 4. The number of halogens is 2. The fourth-order valence-corrected chi connectivity index (χ4v) is 4.06. The number of hydrogen-bond acceptors (Lipinski definition) is 6. The number of carbonyl (C=O) groups is 2. The minimum Gasteiger partial charge on any atom is -0.378 e. The van der Waals surface area contributed by atoms with Crippen LogP contribution in [0.15, 0.2) is 67.0 Å². The molecule has 188 valence electrons. The molecule has 5 rings (SSSR count). The third-order valence-electron chi connectivity index (χ3n) is 5.76. The first-order chi connectivity index (χ1) is 18.0. The Labute approximate surface area is 216 Å². The Bertz CT molecular complexity index is 1460. The summed E-state index contributed by atoms with van der Waals surface area (Å²) in [5.74, 6) is -0.113. The molecule has 3 amide bonds. The summed E-state index contributed by atoms with van der Waals surface area (Å²) in [5, 5.41) is 9.28. The van der Waals surface area contributed by atoms with Crippen molar-refractivity contribution in [1.29, 1.82) is 0 Å². The van der Waals surface area contributed by atoms with Crippen LogP contribution in [-0.2, 0) is 4.74 Å². The van der Waals surface area contributed by atoms with E-state index in [2.05, 4.69) is 25.9 Å². The van der Waals surface area contributed by atoms with Gasteiger partial charge in [0, 0.05) is 41.1 Å². The van der Waals surface area contributed by atoms with Gasteiger partial charge in [-0.25, -0.2) is 19.2 Å². The Kier molecular flexibility index (Phi) is 7.11. The number of carbonyl (C=O) groups excluding carboxylic acids is 2. The van der Waals surface area contributed by atoms with Gasteiger partial charge in [0.05, 0.1) is 23.8 Å². The van der Waals surface area contributed by atoms with Gasteiger partial charge in [-0.3, -0.25) is 4.79 Å². The molecule has 0 bridgehead atoms. The first-order valence-electron chi connectivity index (χ1n) is 11.5. The Morgan fingerprint density at radius 1 is 0.892 bits per heavy atom. The highest BCUT2D eigenvalue weighted by molar-refractivity contribution is 6.31. The molecule has 2 heterocycles. The summed E-state index contributed by atoms with van der Waals surface area (Å²) >= 11 is 5.88. The molecule has 4 aromatic rings. The first-order valence-corrected chi connectivity index (χ1v) is 11.9. The van der Waals surface area contributed by atoms with Crippen molar-refractivity contribution in [1.82, 2.24) is 14.9 Å². The van der Waals surface area contributed by atoms with Crippen molar-refractivity contribution in [3.63, 3.8) is 0 Å². The van der Waals surface area contributed by atoms with Crippen LogP contribution >= 0.6 is 11.6 Å². The molecule has 1 aliphatic heterocycles. The molecule has 0 atom stereocenters. The largest absolute Gasteiger partial charge is 0.378 e. The van der Waals surface area contributed by atoms with E-state index in [9.17, 15) is 14.0 Å². The van der Waals surface area contributed by atoms with Gasteiger partial charge in [-0.15, -0.1) is 0 Å². The van der Waals surface area contributed by atoms with Crippen LogP contribution in [-0.4, -0.2) is 53.1 Å². The van der Waals surface area contributed by atoms with Gasteiger partial charge in [0.1, 0.15) is 18.0 Å². The van der Waals surface area contributed by atoms with Gasteiger partial charge in [-0.1, -0.05) is 11.6 Å². The van der Waals surface area contributed by atoms with Gasteiger partial charge in [-0.05, 0) is 60.7 Å². The topological polar surface area (TPSA) is 108 Å². The van der Waals surface area contributed by atoms with Crippen molar-refractivity contribution in [2.75, 3.05) is 42.3 Å². The summed E-state index contributed by atoms with van der Waals surface area (Å²) in [6.45, 7) is 2.19. The van der Waals surface area contributed by atoms with Crippen LogP contribution < -0.4 is 16.0 Å². The number of amides is 3. The summed E-state index contributed by atoms with van der Waals surface area (Å²) in [6, 6.07) is 15.7. The smallest absolute Gasteiger partial charge is 0.323 e. The number of urea groups is 1. The maximum Gasteiger partial charge on any atom is 0.323 e. The number of morpholine rings is 1. The summed E-state index contributed by atoms with van der Waals surface area (Å²) in [6.07, 6.45) is 1.41. The van der Waals surface area contributed by atoms with Gasteiger partial charge in [-0.2, -0.15) is 0 Å². The fourth-order valence-electron chi connectivity index (χ4n) is 3.88. The van der Waals surface area contributed by atoms with Crippen molar-refractivity contribution >= 4 is 57.3 Å². The van der Waals surface area contributed by atoms with Crippen LogP contribution in [0.2, 0.25) is 5.02 Å². The molecular weight excluding hydrogens is 499 g/mol. The molecule has 1 fully saturated rings. The molecule has 1 aliphatic rings. The van der Waals surface area contributed by atoms with Crippen LogP contribution in [0.1, 0.15) is 10.4 Å². The van der Waals surface area contributed by atoms with E-state index in [-0.39, 0.29) is 10.9 Å². The molecule has 0 radical (unpaired) electrons. The third-order valence-corrected chi connectivity index (χ3v) is 6.05. The average Bonchev–Trinajstić information content (AvgIpc) is 2.91. The molecule has 0 unspecified atom stereocenters. The number of ether oxygens (including phenoxy) is 1. The van der Waals surface area contributed by atoms with E-state index in [1.165, 1.54) is 18.5 Å². The second-order valence-corrected chi connectivity index (χ2v) is 8.68. The highest BCUT2D eigenvalue weighted by Gasteiger charge is 2.18. The van der Waals surface area contributed by atoms with Crippen LogP contribution in [0.4, 0.5) is 32.1 Å². The van der Waals surface area contributed by atoms with E-state index in [1.807, 2.05) is 0 Å². The first kappa shape index (κ1) is 24.4. The van der Waals surface area contributed by atoms with Gasteiger partial charge in [0.2, 0.25) is 0 Å². The molecule has 9 nitrogen and oxygen atoms in total. The van der Waals surface area contributed by atoms with Gasteiger partial charge in [0.15, 0.2) is 0 Å². The van der Waals surface area contributed by atoms with Crippen LogP contribution in [0, 0.1) is 5.82 Å². The number of hydrogen-bond donors (Lipinski definition) is 3. The zero-order valence-electron chi connectivity index (χ0n) is 19.5. The Hall–Kier alpha value is -4.28. The van der Waals surface area contributed by atoms with Crippen molar-refractivity contribution < 1.29 is 18.7 Å².